The predicted octanol–water partition coefficient (Wildman–Crippen LogP) is 3.07. The van der Waals surface area contributed by atoms with Gasteiger partial charge in [0.15, 0.2) is 0 Å². The summed E-state index contributed by atoms with van der Waals surface area (Å²) in [5.41, 5.74) is 1.20. The van der Waals surface area contributed by atoms with Crippen molar-refractivity contribution in [3.05, 3.63) is 57.1 Å². The number of hydrogen-bond acceptors (Lipinski definition) is 8. The van der Waals surface area contributed by atoms with Crippen LogP contribution in [0.1, 0.15) is 34.4 Å². The lowest BCUT2D eigenvalue weighted by Crippen LogP contribution is -2.16. The van der Waals surface area contributed by atoms with Crippen molar-refractivity contribution in [3.63, 3.8) is 0 Å². The van der Waals surface area contributed by atoms with Crippen LogP contribution in [-0.2, 0) is 27.4 Å². The Balaban J connectivity index is 1.79. The third kappa shape index (κ3) is 3.96. The van der Waals surface area contributed by atoms with Gasteiger partial charge >= 0.3 is 17.6 Å². The van der Waals surface area contributed by atoms with E-state index in [0.29, 0.717) is 16.5 Å². The van der Waals surface area contributed by atoms with Gasteiger partial charge in [0.1, 0.15) is 30.1 Å². The number of aryl methyl sites for hydroxylation is 1. The minimum atomic E-state index is -0.661. The molecule has 1 aromatic carbocycles. The van der Waals surface area contributed by atoms with Gasteiger partial charge in [-0.05, 0) is 26.8 Å². The first-order chi connectivity index (χ1) is 13.8. The quantitative estimate of drug-likeness (QED) is 0.336. The van der Waals surface area contributed by atoms with E-state index in [9.17, 15) is 19.7 Å². The van der Waals surface area contributed by atoms with Gasteiger partial charge in [-0.15, -0.1) is 0 Å². The highest BCUT2D eigenvalue weighted by Crippen LogP contribution is 2.27. The number of esters is 2. The largest absolute Gasteiger partial charge is 0.460 e. The van der Waals surface area contributed by atoms with Crippen LogP contribution in [0.4, 0.5) is 5.69 Å². The third-order valence-electron chi connectivity index (χ3n) is 4.34. The SMILES string of the molecule is CCOC(=O)c1oc2ccccc2c1COC(=O)Cn1nc(C)c([N+](=O)[O-])c1C. The number of benzene rings is 1. The van der Waals surface area contributed by atoms with Gasteiger partial charge in [-0.2, -0.15) is 5.10 Å². The fraction of sp³-hybridized carbons (Fsp3) is 0.316. The molecule has 0 unspecified atom stereocenters. The first kappa shape index (κ1) is 20.1. The molecule has 3 aromatic rings. The molecule has 29 heavy (non-hydrogen) atoms. The number of ether oxygens (including phenoxy) is 2. The summed E-state index contributed by atoms with van der Waals surface area (Å²) in [5.74, 6) is -1.34. The minimum absolute atomic E-state index is 0.0254. The average Bonchev–Trinajstić information content (AvgIpc) is 3.17. The zero-order chi connectivity index (χ0) is 21.1. The Kier molecular flexibility index (Phi) is 5.62. The standard InChI is InChI=1S/C19H19N3O7/c1-4-27-19(24)18-14(13-7-5-6-8-15(13)29-18)10-28-16(23)9-21-12(3)17(22(25)26)11(2)20-21/h5-8H,4,9-10H2,1-3H3. The van der Waals surface area contributed by atoms with E-state index in [0.717, 1.165) is 0 Å². The molecule has 0 aliphatic rings. The Morgan fingerprint density at radius 2 is 1.97 bits per heavy atom. The van der Waals surface area contributed by atoms with Gasteiger partial charge in [0.2, 0.25) is 5.76 Å². The molecule has 0 spiro atoms. The first-order valence-corrected chi connectivity index (χ1v) is 8.85. The molecule has 0 amide bonds. The molecule has 0 aliphatic heterocycles. The minimum Gasteiger partial charge on any atom is -0.460 e. The van der Waals surface area contributed by atoms with E-state index >= 15 is 0 Å². The van der Waals surface area contributed by atoms with Crippen LogP contribution in [0.2, 0.25) is 0 Å². The molecule has 0 bridgehead atoms. The molecule has 10 heteroatoms. The van der Waals surface area contributed by atoms with Crippen LogP contribution in [0.3, 0.4) is 0 Å². The number of carbonyl (C=O) groups excluding carboxylic acids is 2. The Bertz CT molecular complexity index is 1100. The van der Waals surface area contributed by atoms with Crippen molar-refractivity contribution in [2.24, 2.45) is 0 Å². The Hall–Kier alpha value is -3.69. The lowest BCUT2D eigenvalue weighted by Gasteiger charge is -2.07. The van der Waals surface area contributed by atoms with E-state index in [1.165, 1.54) is 18.5 Å². The van der Waals surface area contributed by atoms with Crippen LogP contribution < -0.4 is 0 Å². The second-order valence-corrected chi connectivity index (χ2v) is 6.22. The van der Waals surface area contributed by atoms with Crippen molar-refractivity contribution in [2.75, 3.05) is 6.61 Å². The number of nitro groups is 1. The smallest absolute Gasteiger partial charge is 0.374 e. The summed E-state index contributed by atoms with van der Waals surface area (Å²) in [5, 5.41) is 15.7. The lowest BCUT2D eigenvalue weighted by molar-refractivity contribution is -0.386. The summed E-state index contributed by atoms with van der Waals surface area (Å²) in [7, 11) is 0. The van der Waals surface area contributed by atoms with Crippen molar-refractivity contribution in [1.82, 2.24) is 9.78 Å². The summed E-state index contributed by atoms with van der Waals surface area (Å²) in [6.07, 6.45) is 0. The summed E-state index contributed by atoms with van der Waals surface area (Å²) in [6.45, 7) is 4.33. The van der Waals surface area contributed by atoms with Gasteiger partial charge in [0.05, 0.1) is 17.1 Å². The molecule has 0 radical (unpaired) electrons. The fourth-order valence-electron chi connectivity index (χ4n) is 3.03. The van der Waals surface area contributed by atoms with Gasteiger partial charge in [-0.1, -0.05) is 18.2 Å². The van der Waals surface area contributed by atoms with Crippen LogP contribution in [0.25, 0.3) is 11.0 Å². The average molecular weight is 401 g/mol. The molecule has 2 heterocycles. The number of aromatic nitrogens is 2. The number of para-hydroxylation sites is 1. The van der Waals surface area contributed by atoms with Crippen LogP contribution in [0.15, 0.2) is 28.7 Å². The maximum Gasteiger partial charge on any atom is 0.374 e. The second kappa shape index (κ2) is 8.13. The molecular formula is C19H19N3O7. The highest BCUT2D eigenvalue weighted by Gasteiger charge is 2.25. The molecule has 0 fully saturated rings. The van der Waals surface area contributed by atoms with Crippen molar-refractivity contribution < 1.29 is 28.4 Å². The van der Waals surface area contributed by atoms with Crippen molar-refractivity contribution in [3.8, 4) is 0 Å². The summed E-state index contributed by atoms with van der Waals surface area (Å²) < 4.78 is 17.1. The molecule has 2 aromatic heterocycles. The summed E-state index contributed by atoms with van der Waals surface area (Å²) >= 11 is 0. The molecule has 0 atom stereocenters. The second-order valence-electron chi connectivity index (χ2n) is 6.22. The maximum atomic E-state index is 12.3. The first-order valence-electron chi connectivity index (χ1n) is 8.85. The van der Waals surface area contributed by atoms with Crippen molar-refractivity contribution in [2.45, 2.75) is 33.9 Å². The Labute approximate surface area is 165 Å². The number of nitrogens with zero attached hydrogens (tertiary/aromatic N) is 3. The number of furan rings is 1. The van der Waals surface area contributed by atoms with E-state index in [-0.39, 0.29) is 42.6 Å². The van der Waals surface area contributed by atoms with Gasteiger partial charge in [-0.25, -0.2) is 4.79 Å². The molecule has 3 rings (SSSR count). The van der Waals surface area contributed by atoms with E-state index in [1.807, 2.05) is 0 Å². The number of fused-ring (bicyclic) bond motifs is 1. The van der Waals surface area contributed by atoms with Gasteiger partial charge in [-0.3, -0.25) is 19.6 Å². The van der Waals surface area contributed by atoms with Crippen molar-refractivity contribution >= 4 is 28.6 Å². The van der Waals surface area contributed by atoms with E-state index < -0.39 is 16.9 Å². The summed E-state index contributed by atoms with van der Waals surface area (Å²) in [4.78, 5) is 35.0. The van der Waals surface area contributed by atoms with Crippen LogP contribution in [-0.4, -0.2) is 33.2 Å². The van der Waals surface area contributed by atoms with Crippen LogP contribution in [0.5, 0.6) is 0 Å². The fourth-order valence-corrected chi connectivity index (χ4v) is 3.03. The van der Waals surface area contributed by atoms with E-state index in [2.05, 4.69) is 5.10 Å². The molecule has 0 N–H and O–H groups in total. The topological polar surface area (TPSA) is 127 Å². The molecule has 0 saturated carbocycles. The molecule has 10 nitrogen and oxygen atoms in total. The highest BCUT2D eigenvalue weighted by atomic mass is 16.6. The summed E-state index contributed by atoms with van der Waals surface area (Å²) in [6, 6.07) is 6.97. The van der Waals surface area contributed by atoms with Crippen LogP contribution in [0, 0.1) is 24.0 Å². The normalized spacial score (nSPS) is 10.9. The van der Waals surface area contributed by atoms with Crippen molar-refractivity contribution in [1.29, 1.82) is 0 Å². The van der Waals surface area contributed by atoms with Crippen LogP contribution >= 0.6 is 0 Å². The molecule has 0 aliphatic carbocycles. The zero-order valence-corrected chi connectivity index (χ0v) is 16.1. The number of hydrogen-bond donors (Lipinski definition) is 0. The third-order valence-corrected chi connectivity index (χ3v) is 4.34. The molecule has 0 saturated heterocycles. The highest BCUT2D eigenvalue weighted by molar-refractivity contribution is 5.96. The lowest BCUT2D eigenvalue weighted by atomic mass is 10.1. The van der Waals surface area contributed by atoms with E-state index in [4.69, 9.17) is 13.9 Å². The van der Waals surface area contributed by atoms with Gasteiger partial charge < -0.3 is 13.9 Å². The Morgan fingerprint density at radius 1 is 1.24 bits per heavy atom. The zero-order valence-electron chi connectivity index (χ0n) is 16.1. The maximum absolute atomic E-state index is 12.3. The van der Waals surface area contributed by atoms with E-state index in [1.54, 1.807) is 31.2 Å². The van der Waals surface area contributed by atoms with Gasteiger partial charge in [0.25, 0.3) is 0 Å². The monoisotopic (exact) mass is 401 g/mol. The molecule has 152 valence electrons. The molecular weight excluding hydrogens is 382 g/mol. The van der Waals surface area contributed by atoms with Gasteiger partial charge in [0, 0.05) is 5.39 Å². The Morgan fingerprint density at radius 3 is 2.62 bits per heavy atom. The number of carbonyl (C=O) groups is 2. The number of rotatable bonds is 7. The predicted molar refractivity (Wildman–Crippen MR) is 100 cm³/mol.